The number of benzene rings is 3. The van der Waals surface area contributed by atoms with Crippen LogP contribution in [0.5, 0.6) is 0 Å². The molecule has 2 aromatic heterocycles. The Kier molecular flexibility index (Phi) is 6.74. The lowest BCUT2D eigenvalue weighted by Crippen LogP contribution is -1.99. The fourth-order valence-corrected chi connectivity index (χ4v) is 9.02. The summed E-state index contributed by atoms with van der Waals surface area (Å²) >= 11 is 0. The van der Waals surface area contributed by atoms with Gasteiger partial charge in [-0.05, 0) is 135 Å². The number of rotatable bonds is 0. The topological polar surface area (TPSA) is 4.41 Å². The van der Waals surface area contributed by atoms with E-state index in [0.29, 0.717) is 0 Å². The van der Waals surface area contributed by atoms with Gasteiger partial charge in [-0.15, -0.1) is 0 Å². The van der Waals surface area contributed by atoms with Crippen molar-refractivity contribution in [1.82, 2.24) is 4.40 Å². The predicted molar refractivity (Wildman–Crippen MR) is 173 cm³/mol. The van der Waals surface area contributed by atoms with Gasteiger partial charge in [0.05, 0.1) is 16.6 Å². The molecule has 0 amide bonds. The summed E-state index contributed by atoms with van der Waals surface area (Å²) < 4.78 is 2.75. The van der Waals surface area contributed by atoms with Gasteiger partial charge in [0, 0.05) is 21.5 Å². The molecular weight excluding hydrogens is 482 g/mol. The first-order valence-electron chi connectivity index (χ1n) is 17.2. The van der Waals surface area contributed by atoms with Crippen LogP contribution in [0.1, 0.15) is 130 Å². The van der Waals surface area contributed by atoms with Crippen molar-refractivity contribution in [2.45, 2.75) is 135 Å². The minimum Gasteiger partial charge on any atom is -0.308 e. The first-order chi connectivity index (χ1) is 19.9. The second-order valence-electron chi connectivity index (χ2n) is 13.7. The van der Waals surface area contributed by atoms with Crippen molar-refractivity contribution in [3.8, 4) is 0 Å². The summed E-state index contributed by atoms with van der Waals surface area (Å²) in [6.45, 7) is 0. The highest BCUT2D eigenvalue weighted by molar-refractivity contribution is 6.25. The van der Waals surface area contributed by atoms with Gasteiger partial charge < -0.3 is 4.40 Å². The summed E-state index contributed by atoms with van der Waals surface area (Å²) in [4.78, 5) is 0. The van der Waals surface area contributed by atoms with Crippen molar-refractivity contribution < 1.29 is 0 Å². The standard InChI is InChI=1S/C39H47N/c1-5-11-17-28-24-33-34-25-30-19-13-7-3-9-15-21-32(30)38-37-31-20-14-8-2-4-10-16-27(31)22-23-35(37)40(39(34)38)36(33)26-29(28)18-12-6-1/h22-26H,1-21H2. The van der Waals surface area contributed by atoms with Crippen LogP contribution in [0.25, 0.3) is 38.1 Å². The van der Waals surface area contributed by atoms with Crippen LogP contribution in [0.4, 0.5) is 0 Å². The molecule has 5 aromatic rings. The molecule has 3 aliphatic carbocycles. The predicted octanol–water partition coefficient (Wildman–Crippen LogP) is 11.0. The van der Waals surface area contributed by atoms with Crippen molar-refractivity contribution in [3.63, 3.8) is 0 Å². The molecule has 0 N–H and O–H groups in total. The summed E-state index contributed by atoms with van der Waals surface area (Å²) in [6, 6.07) is 13.1. The third-order valence-electron chi connectivity index (χ3n) is 11.1. The molecule has 0 spiro atoms. The normalized spacial score (nSPS) is 19.9. The second-order valence-corrected chi connectivity index (χ2v) is 13.7. The van der Waals surface area contributed by atoms with Gasteiger partial charge in [-0.25, -0.2) is 0 Å². The summed E-state index contributed by atoms with van der Waals surface area (Å²) in [5.41, 5.74) is 14.6. The SMILES string of the molecule is c1cc2c(c3c1CCCCCCC3)c1c3c(cc4c5cc6c(cc5n2c41)CCCCCCC6)CCCCCCC3. The highest BCUT2D eigenvalue weighted by Gasteiger charge is 2.26. The van der Waals surface area contributed by atoms with Crippen molar-refractivity contribution in [3.05, 3.63) is 63.7 Å². The molecule has 2 heterocycles. The first kappa shape index (κ1) is 25.2. The molecule has 1 nitrogen and oxygen atoms in total. The van der Waals surface area contributed by atoms with Gasteiger partial charge in [0.2, 0.25) is 0 Å². The second kappa shape index (κ2) is 10.7. The Morgan fingerprint density at radius 2 is 0.875 bits per heavy atom. The van der Waals surface area contributed by atoms with Gasteiger partial charge in [0.25, 0.3) is 0 Å². The van der Waals surface area contributed by atoms with Gasteiger partial charge in [0.1, 0.15) is 0 Å². The fourth-order valence-electron chi connectivity index (χ4n) is 9.02. The third kappa shape index (κ3) is 4.17. The zero-order valence-corrected chi connectivity index (χ0v) is 24.7. The largest absolute Gasteiger partial charge is 0.308 e. The number of nitrogens with zero attached hydrogens (tertiary/aromatic N) is 1. The van der Waals surface area contributed by atoms with E-state index in [1.54, 1.807) is 55.1 Å². The minimum atomic E-state index is 1.26. The Labute approximate surface area is 240 Å². The van der Waals surface area contributed by atoms with Crippen molar-refractivity contribution in [1.29, 1.82) is 0 Å². The molecular formula is C39H47N. The van der Waals surface area contributed by atoms with Crippen molar-refractivity contribution >= 4 is 38.1 Å². The van der Waals surface area contributed by atoms with E-state index in [2.05, 4.69) is 34.7 Å². The van der Waals surface area contributed by atoms with Crippen LogP contribution in [0.2, 0.25) is 0 Å². The molecule has 0 unspecified atom stereocenters. The maximum absolute atomic E-state index is 2.75. The Balaban J connectivity index is 1.49. The highest BCUT2D eigenvalue weighted by atomic mass is 14.9. The Morgan fingerprint density at radius 1 is 0.375 bits per heavy atom. The monoisotopic (exact) mass is 529 g/mol. The zero-order valence-electron chi connectivity index (χ0n) is 24.7. The molecule has 0 saturated carbocycles. The average Bonchev–Trinajstić information content (AvgIpc) is 3.55. The van der Waals surface area contributed by atoms with E-state index < -0.39 is 0 Å². The van der Waals surface area contributed by atoms with E-state index in [-0.39, 0.29) is 0 Å². The van der Waals surface area contributed by atoms with Gasteiger partial charge in [0.15, 0.2) is 0 Å². The molecule has 0 bridgehead atoms. The lowest BCUT2D eigenvalue weighted by Gasteiger charge is -2.15. The van der Waals surface area contributed by atoms with Gasteiger partial charge in [-0.3, -0.25) is 0 Å². The Bertz CT molecular complexity index is 1680. The number of fused-ring (bicyclic) bond motifs is 11. The van der Waals surface area contributed by atoms with Gasteiger partial charge in [-0.2, -0.15) is 0 Å². The molecule has 0 aliphatic heterocycles. The molecule has 8 rings (SSSR count). The van der Waals surface area contributed by atoms with Gasteiger partial charge in [-0.1, -0.05) is 63.9 Å². The summed E-state index contributed by atoms with van der Waals surface area (Å²) in [5.74, 6) is 0. The molecule has 3 aromatic carbocycles. The summed E-state index contributed by atoms with van der Waals surface area (Å²) in [6.07, 6.45) is 28.3. The lowest BCUT2D eigenvalue weighted by molar-refractivity contribution is 0.629. The third-order valence-corrected chi connectivity index (χ3v) is 11.1. The van der Waals surface area contributed by atoms with Crippen LogP contribution in [0, 0.1) is 0 Å². The van der Waals surface area contributed by atoms with E-state index in [4.69, 9.17) is 0 Å². The molecule has 0 saturated heterocycles. The smallest absolute Gasteiger partial charge is 0.0623 e. The highest BCUT2D eigenvalue weighted by Crippen LogP contribution is 2.46. The van der Waals surface area contributed by atoms with Crippen molar-refractivity contribution in [2.75, 3.05) is 0 Å². The van der Waals surface area contributed by atoms with E-state index >= 15 is 0 Å². The number of aryl methyl sites for hydroxylation is 6. The number of aromatic nitrogens is 1. The molecule has 208 valence electrons. The average molecular weight is 530 g/mol. The zero-order chi connectivity index (χ0) is 26.5. The Morgan fingerprint density at radius 3 is 1.55 bits per heavy atom. The molecule has 0 fully saturated rings. The van der Waals surface area contributed by atoms with E-state index in [9.17, 15) is 0 Å². The molecule has 3 aliphatic rings. The van der Waals surface area contributed by atoms with Crippen LogP contribution in [-0.2, 0) is 38.5 Å². The molecule has 0 radical (unpaired) electrons. The lowest BCUT2D eigenvalue weighted by atomic mass is 9.88. The van der Waals surface area contributed by atoms with Crippen molar-refractivity contribution in [2.24, 2.45) is 0 Å². The van der Waals surface area contributed by atoms with E-state index in [1.165, 1.54) is 151 Å². The quantitative estimate of drug-likeness (QED) is 0.188. The molecule has 40 heavy (non-hydrogen) atoms. The maximum atomic E-state index is 2.75. The van der Waals surface area contributed by atoms with Crippen LogP contribution in [0.15, 0.2) is 30.3 Å². The minimum absolute atomic E-state index is 1.26. The van der Waals surface area contributed by atoms with Crippen LogP contribution in [0.3, 0.4) is 0 Å². The summed E-state index contributed by atoms with van der Waals surface area (Å²) in [5, 5.41) is 6.41. The maximum Gasteiger partial charge on any atom is 0.0623 e. The molecule has 0 atom stereocenters. The van der Waals surface area contributed by atoms with Gasteiger partial charge >= 0.3 is 0 Å². The number of hydrogen-bond donors (Lipinski definition) is 0. The Hall–Kier alpha value is -2.54. The van der Waals surface area contributed by atoms with Crippen LogP contribution >= 0.6 is 0 Å². The van der Waals surface area contributed by atoms with Crippen LogP contribution < -0.4 is 0 Å². The summed E-state index contributed by atoms with van der Waals surface area (Å²) in [7, 11) is 0. The van der Waals surface area contributed by atoms with Crippen LogP contribution in [-0.4, -0.2) is 4.40 Å². The van der Waals surface area contributed by atoms with E-state index in [1.807, 2.05) is 0 Å². The first-order valence-corrected chi connectivity index (χ1v) is 17.2. The molecule has 1 heteroatoms. The number of hydrogen-bond acceptors (Lipinski definition) is 0. The van der Waals surface area contributed by atoms with E-state index in [0.717, 1.165) is 0 Å². The fraction of sp³-hybridized carbons (Fsp3) is 0.538.